The lowest BCUT2D eigenvalue weighted by Gasteiger charge is -1.95. The van der Waals surface area contributed by atoms with E-state index in [0.717, 1.165) is 21.9 Å². The molecule has 76 valence electrons. The van der Waals surface area contributed by atoms with Crippen molar-refractivity contribution in [1.29, 1.82) is 0 Å². The van der Waals surface area contributed by atoms with Crippen LogP contribution in [0.25, 0.3) is 0 Å². The van der Waals surface area contributed by atoms with E-state index in [0.29, 0.717) is 0 Å². The maximum absolute atomic E-state index is 11.1. The zero-order chi connectivity index (χ0) is 10.7. The summed E-state index contributed by atoms with van der Waals surface area (Å²) in [5, 5.41) is 0.964. The van der Waals surface area contributed by atoms with Gasteiger partial charge in [0.05, 0.1) is 9.88 Å². The van der Waals surface area contributed by atoms with Crippen LogP contribution in [0.2, 0.25) is 0 Å². The van der Waals surface area contributed by atoms with Crippen LogP contribution >= 0.6 is 11.3 Å². The van der Waals surface area contributed by atoms with Crippen molar-refractivity contribution in [2.75, 3.05) is 0 Å². The summed E-state index contributed by atoms with van der Waals surface area (Å²) in [6.07, 6.45) is 5.92. The molecule has 4 heteroatoms. The highest BCUT2D eigenvalue weighted by atomic mass is 32.1. The van der Waals surface area contributed by atoms with Crippen molar-refractivity contribution in [1.82, 2.24) is 9.97 Å². The fourth-order valence-corrected chi connectivity index (χ4v) is 2.08. The van der Waals surface area contributed by atoms with Crippen LogP contribution in [0.3, 0.4) is 0 Å². The van der Waals surface area contributed by atoms with E-state index in [1.807, 2.05) is 12.1 Å². The Labute approximate surface area is 91.8 Å². The SMILES string of the molecule is CC(=O)c1cnc(Cc2ccncc2)s1. The average Bonchev–Trinajstić information content (AvgIpc) is 2.68. The van der Waals surface area contributed by atoms with Crippen molar-refractivity contribution in [3.63, 3.8) is 0 Å². The number of thiazole rings is 1. The van der Waals surface area contributed by atoms with Crippen molar-refractivity contribution in [2.45, 2.75) is 13.3 Å². The van der Waals surface area contributed by atoms with Crippen LogP contribution in [0.1, 0.15) is 27.2 Å². The Bertz CT molecular complexity index is 464. The lowest BCUT2D eigenvalue weighted by Crippen LogP contribution is -1.86. The van der Waals surface area contributed by atoms with Crippen molar-refractivity contribution < 1.29 is 4.79 Å². The number of carbonyl (C=O) groups is 1. The molecule has 0 amide bonds. The van der Waals surface area contributed by atoms with Gasteiger partial charge in [-0.25, -0.2) is 4.98 Å². The third-order valence-electron chi connectivity index (χ3n) is 2.01. The van der Waals surface area contributed by atoms with Crippen molar-refractivity contribution in [3.05, 3.63) is 46.2 Å². The van der Waals surface area contributed by atoms with E-state index in [9.17, 15) is 4.79 Å². The predicted molar refractivity (Wildman–Crippen MR) is 59.2 cm³/mol. The van der Waals surface area contributed by atoms with E-state index < -0.39 is 0 Å². The Hall–Kier alpha value is -1.55. The Morgan fingerprint density at radius 1 is 1.40 bits per heavy atom. The van der Waals surface area contributed by atoms with E-state index in [1.54, 1.807) is 25.5 Å². The van der Waals surface area contributed by atoms with Crippen LogP contribution in [0, 0.1) is 0 Å². The molecule has 0 aliphatic heterocycles. The zero-order valence-electron chi connectivity index (χ0n) is 8.30. The fourth-order valence-electron chi connectivity index (χ4n) is 1.23. The minimum atomic E-state index is 0.0773. The van der Waals surface area contributed by atoms with Gasteiger partial charge in [-0.2, -0.15) is 0 Å². The Morgan fingerprint density at radius 2 is 2.13 bits per heavy atom. The summed E-state index contributed by atoms with van der Waals surface area (Å²) < 4.78 is 0. The molecule has 0 bridgehead atoms. The minimum absolute atomic E-state index is 0.0773. The van der Waals surface area contributed by atoms with Gasteiger partial charge in [-0.3, -0.25) is 9.78 Å². The van der Waals surface area contributed by atoms with Gasteiger partial charge >= 0.3 is 0 Å². The standard InChI is InChI=1S/C11H10N2OS/c1-8(14)10-7-13-11(15-10)6-9-2-4-12-5-3-9/h2-5,7H,6H2,1H3. The Morgan fingerprint density at radius 3 is 2.73 bits per heavy atom. The molecule has 0 unspecified atom stereocenters. The first kappa shape index (κ1) is 9.98. The van der Waals surface area contributed by atoms with Crippen LogP contribution in [0.4, 0.5) is 0 Å². The summed E-state index contributed by atoms with van der Waals surface area (Å²) in [6.45, 7) is 1.56. The molecule has 0 radical (unpaired) electrons. The molecule has 0 saturated heterocycles. The van der Waals surface area contributed by atoms with Gasteiger partial charge in [0, 0.05) is 31.9 Å². The van der Waals surface area contributed by atoms with Gasteiger partial charge in [-0.05, 0) is 17.7 Å². The van der Waals surface area contributed by atoms with Crippen molar-refractivity contribution in [2.24, 2.45) is 0 Å². The van der Waals surface area contributed by atoms with Gasteiger partial charge in [0.15, 0.2) is 5.78 Å². The molecule has 0 fully saturated rings. The lowest BCUT2D eigenvalue weighted by atomic mass is 10.2. The molecule has 0 aliphatic carbocycles. The number of aromatic nitrogens is 2. The summed E-state index contributed by atoms with van der Waals surface area (Å²) >= 11 is 1.45. The topological polar surface area (TPSA) is 42.9 Å². The first-order chi connectivity index (χ1) is 7.25. The summed E-state index contributed by atoms with van der Waals surface area (Å²) in [4.78, 5) is 20.0. The summed E-state index contributed by atoms with van der Waals surface area (Å²) in [5.74, 6) is 0.0773. The largest absolute Gasteiger partial charge is 0.294 e. The molecular weight excluding hydrogens is 208 g/mol. The second-order valence-electron chi connectivity index (χ2n) is 3.21. The second-order valence-corrected chi connectivity index (χ2v) is 4.32. The highest BCUT2D eigenvalue weighted by molar-refractivity contribution is 7.13. The fraction of sp³-hybridized carbons (Fsp3) is 0.182. The molecule has 15 heavy (non-hydrogen) atoms. The number of rotatable bonds is 3. The number of nitrogens with zero attached hydrogens (tertiary/aromatic N) is 2. The van der Waals surface area contributed by atoms with Crippen LogP contribution in [0.15, 0.2) is 30.7 Å². The minimum Gasteiger partial charge on any atom is -0.294 e. The van der Waals surface area contributed by atoms with Crippen molar-refractivity contribution >= 4 is 17.1 Å². The van der Waals surface area contributed by atoms with E-state index in [4.69, 9.17) is 0 Å². The van der Waals surface area contributed by atoms with Gasteiger partial charge in [0.1, 0.15) is 0 Å². The van der Waals surface area contributed by atoms with Crippen molar-refractivity contribution in [3.8, 4) is 0 Å². The van der Waals surface area contributed by atoms with Crippen LogP contribution in [0.5, 0.6) is 0 Å². The smallest absolute Gasteiger partial charge is 0.171 e. The normalized spacial score (nSPS) is 10.2. The first-order valence-corrected chi connectivity index (χ1v) is 5.42. The average molecular weight is 218 g/mol. The van der Waals surface area contributed by atoms with E-state index in [1.165, 1.54) is 11.3 Å². The lowest BCUT2D eigenvalue weighted by molar-refractivity contribution is 0.102. The molecule has 0 atom stereocenters. The van der Waals surface area contributed by atoms with E-state index in [-0.39, 0.29) is 5.78 Å². The number of hydrogen-bond donors (Lipinski definition) is 0. The first-order valence-electron chi connectivity index (χ1n) is 4.60. The maximum atomic E-state index is 11.1. The Kier molecular flexibility index (Phi) is 2.87. The third-order valence-corrected chi connectivity index (χ3v) is 3.10. The molecule has 2 aromatic rings. The predicted octanol–water partition coefficient (Wildman–Crippen LogP) is 2.33. The quantitative estimate of drug-likeness (QED) is 0.742. The van der Waals surface area contributed by atoms with Gasteiger partial charge in [-0.15, -0.1) is 11.3 Å². The summed E-state index contributed by atoms with van der Waals surface area (Å²) in [5.41, 5.74) is 1.16. The molecule has 0 N–H and O–H groups in total. The van der Waals surface area contributed by atoms with Crippen LogP contribution in [-0.4, -0.2) is 15.8 Å². The zero-order valence-corrected chi connectivity index (χ0v) is 9.12. The monoisotopic (exact) mass is 218 g/mol. The Balaban J connectivity index is 2.15. The molecule has 2 rings (SSSR count). The summed E-state index contributed by atoms with van der Waals surface area (Å²) in [7, 11) is 0. The number of carbonyl (C=O) groups excluding carboxylic acids is 1. The number of ketones is 1. The molecule has 2 aromatic heterocycles. The van der Waals surface area contributed by atoms with Gasteiger partial charge in [0.2, 0.25) is 0 Å². The van der Waals surface area contributed by atoms with Gasteiger partial charge in [0.25, 0.3) is 0 Å². The van der Waals surface area contributed by atoms with Crippen LogP contribution < -0.4 is 0 Å². The summed E-state index contributed by atoms with van der Waals surface area (Å²) in [6, 6.07) is 3.91. The third kappa shape index (κ3) is 2.47. The molecule has 3 nitrogen and oxygen atoms in total. The number of pyridine rings is 1. The number of hydrogen-bond acceptors (Lipinski definition) is 4. The van der Waals surface area contributed by atoms with Gasteiger partial charge in [-0.1, -0.05) is 0 Å². The molecule has 0 spiro atoms. The maximum Gasteiger partial charge on any atom is 0.171 e. The number of Topliss-reactive ketones (excluding diaryl/α,β-unsaturated/α-hetero) is 1. The van der Waals surface area contributed by atoms with E-state index >= 15 is 0 Å². The van der Waals surface area contributed by atoms with Gasteiger partial charge < -0.3 is 0 Å². The van der Waals surface area contributed by atoms with Crippen LogP contribution in [-0.2, 0) is 6.42 Å². The molecule has 0 aromatic carbocycles. The molecule has 2 heterocycles. The molecular formula is C11H10N2OS. The second kappa shape index (κ2) is 4.31. The van der Waals surface area contributed by atoms with E-state index in [2.05, 4.69) is 9.97 Å². The highest BCUT2D eigenvalue weighted by Crippen LogP contribution is 2.16. The molecule has 0 aliphatic rings. The highest BCUT2D eigenvalue weighted by Gasteiger charge is 2.06. The molecule has 0 saturated carbocycles.